The molecule has 1 fully saturated rings. The van der Waals surface area contributed by atoms with E-state index in [0.29, 0.717) is 13.0 Å². The fourth-order valence-electron chi connectivity index (χ4n) is 4.22. The van der Waals surface area contributed by atoms with Gasteiger partial charge in [0.15, 0.2) is 0 Å². The van der Waals surface area contributed by atoms with Crippen molar-refractivity contribution in [3.8, 4) is 5.75 Å². The van der Waals surface area contributed by atoms with Gasteiger partial charge in [-0.15, -0.1) is 0 Å². The summed E-state index contributed by atoms with van der Waals surface area (Å²) in [4.78, 5) is 40.8. The average Bonchev–Trinajstić information content (AvgIpc) is 3.21. The number of nitrogens with one attached hydrogen (secondary N) is 1. The van der Waals surface area contributed by atoms with E-state index in [9.17, 15) is 14.4 Å². The third kappa shape index (κ3) is 8.34. The van der Waals surface area contributed by atoms with Crippen LogP contribution in [0.3, 0.4) is 0 Å². The maximum absolute atomic E-state index is 15.5. The number of hydrogen-bond donors (Lipinski definition) is 1. The lowest BCUT2D eigenvalue weighted by molar-refractivity contribution is -0.154. The molecule has 0 unspecified atom stereocenters. The lowest BCUT2D eigenvalue weighted by atomic mass is 10.0. The number of nitrogens with zero attached hydrogens (tertiary/aromatic N) is 2. The smallest absolute Gasteiger partial charge is 0.329 e. The van der Waals surface area contributed by atoms with E-state index in [1.165, 1.54) is 4.90 Å². The van der Waals surface area contributed by atoms with Crippen LogP contribution >= 0.6 is 0 Å². The topological polar surface area (TPSA) is 88.2 Å². The molecule has 194 valence electrons. The molecule has 2 atom stereocenters. The number of halogens is 1. The number of carbonyl (C=O) groups is 3. The van der Waals surface area contributed by atoms with Gasteiger partial charge in [-0.25, -0.2) is 9.18 Å². The highest BCUT2D eigenvalue weighted by Crippen LogP contribution is 2.32. The molecule has 2 aromatic rings. The minimum Gasteiger partial charge on any atom is -0.494 e. The summed E-state index contributed by atoms with van der Waals surface area (Å²) >= 11 is 0. The van der Waals surface area contributed by atoms with Crippen molar-refractivity contribution in [3.05, 3.63) is 66.2 Å². The highest BCUT2D eigenvalue weighted by atomic mass is 19.1. The second-order valence-electron chi connectivity index (χ2n) is 9.27. The van der Waals surface area contributed by atoms with Gasteiger partial charge >= 0.3 is 5.97 Å². The first-order chi connectivity index (χ1) is 17.3. The largest absolute Gasteiger partial charge is 0.494 e. The molecule has 0 spiro atoms. The number of hydrogen-bond acceptors (Lipinski definition) is 6. The molecular weight excluding hydrogens is 465 g/mol. The molecule has 3 rings (SSSR count). The van der Waals surface area contributed by atoms with Crippen molar-refractivity contribution in [1.29, 1.82) is 0 Å². The van der Waals surface area contributed by atoms with E-state index in [0.717, 1.165) is 11.3 Å². The third-order valence-corrected chi connectivity index (χ3v) is 5.80. The predicted octanol–water partition coefficient (Wildman–Crippen LogP) is 2.58. The number of amides is 2. The number of rotatable bonds is 12. The summed E-state index contributed by atoms with van der Waals surface area (Å²) in [6.45, 7) is -0.101. The predicted molar refractivity (Wildman–Crippen MR) is 133 cm³/mol. The maximum atomic E-state index is 15.5. The average molecular weight is 500 g/mol. The second-order valence-corrected chi connectivity index (χ2v) is 9.27. The molecule has 8 nitrogen and oxygen atoms in total. The molecule has 36 heavy (non-hydrogen) atoms. The number of esters is 1. The molecule has 0 bridgehead atoms. The monoisotopic (exact) mass is 499 g/mol. The van der Waals surface area contributed by atoms with Crippen LogP contribution in [0, 0.1) is 0 Å². The zero-order valence-electron chi connectivity index (χ0n) is 20.8. The molecule has 2 amide bonds. The van der Waals surface area contributed by atoms with Gasteiger partial charge in [-0.3, -0.25) is 9.59 Å². The molecule has 0 saturated carbocycles. The quantitative estimate of drug-likeness (QED) is 0.357. The molecule has 1 aliphatic rings. The van der Waals surface area contributed by atoms with E-state index in [2.05, 4.69) is 5.32 Å². The maximum Gasteiger partial charge on any atom is 0.329 e. The van der Waals surface area contributed by atoms with E-state index in [1.807, 2.05) is 60.7 Å². The summed E-state index contributed by atoms with van der Waals surface area (Å²) in [7, 11) is 3.46. The number of para-hydroxylation sites is 1. The molecule has 1 saturated heterocycles. The van der Waals surface area contributed by atoms with Crippen LogP contribution in [-0.2, 0) is 25.7 Å². The lowest BCUT2D eigenvalue weighted by Gasteiger charge is -2.24. The lowest BCUT2D eigenvalue weighted by Crippen LogP contribution is -2.47. The summed E-state index contributed by atoms with van der Waals surface area (Å²) in [6.07, 6.45) is 0.495. The first kappa shape index (κ1) is 27.1. The zero-order chi connectivity index (χ0) is 26.0. The van der Waals surface area contributed by atoms with E-state index >= 15 is 4.39 Å². The van der Waals surface area contributed by atoms with Crippen molar-refractivity contribution in [2.45, 2.75) is 37.6 Å². The van der Waals surface area contributed by atoms with Gasteiger partial charge < -0.3 is 24.6 Å². The Morgan fingerprint density at radius 3 is 2.42 bits per heavy atom. The van der Waals surface area contributed by atoms with E-state index in [1.54, 1.807) is 19.0 Å². The van der Waals surface area contributed by atoms with E-state index < -0.39 is 23.6 Å². The van der Waals surface area contributed by atoms with Crippen molar-refractivity contribution in [2.24, 2.45) is 0 Å². The molecule has 0 aromatic heterocycles. The number of ether oxygens (including phenoxy) is 2. The summed E-state index contributed by atoms with van der Waals surface area (Å²) in [6, 6.07) is 17.4. The number of carbonyl (C=O) groups excluding carboxylic acids is 3. The molecule has 0 aliphatic carbocycles. The van der Waals surface area contributed by atoms with Crippen molar-refractivity contribution in [3.63, 3.8) is 0 Å². The van der Waals surface area contributed by atoms with Crippen molar-refractivity contribution in [1.82, 2.24) is 15.1 Å². The molecule has 1 N–H and O–H groups in total. The van der Waals surface area contributed by atoms with Crippen molar-refractivity contribution < 1.29 is 28.2 Å². The van der Waals surface area contributed by atoms with Gasteiger partial charge in [0.1, 0.15) is 24.1 Å². The first-order valence-electron chi connectivity index (χ1n) is 12.0. The summed E-state index contributed by atoms with van der Waals surface area (Å²) in [5.41, 5.74) is -0.959. The van der Waals surface area contributed by atoms with Gasteiger partial charge in [0.05, 0.1) is 19.7 Å². The van der Waals surface area contributed by atoms with Gasteiger partial charge in [-0.2, -0.15) is 0 Å². The Bertz CT molecular complexity index is 1000. The zero-order valence-corrected chi connectivity index (χ0v) is 20.8. The van der Waals surface area contributed by atoms with Crippen LogP contribution in [0.1, 0.15) is 24.8 Å². The minimum absolute atomic E-state index is 0.0347. The Labute approximate surface area is 211 Å². The van der Waals surface area contributed by atoms with Crippen LogP contribution in [0.5, 0.6) is 5.75 Å². The molecular formula is C27H34FN3O5. The highest BCUT2D eigenvalue weighted by molar-refractivity contribution is 5.89. The fraction of sp³-hybridized carbons (Fsp3) is 0.444. The van der Waals surface area contributed by atoms with Crippen LogP contribution in [0.15, 0.2) is 60.7 Å². The number of alkyl halides is 1. The Hall–Kier alpha value is -3.46. The molecule has 9 heteroatoms. The van der Waals surface area contributed by atoms with Crippen LogP contribution in [0.2, 0.25) is 0 Å². The Morgan fingerprint density at radius 1 is 1.08 bits per heavy atom. The molecule has 0 radical (unpaired) electrons. The molecule has 1 heterocycles. The summed E-state index contributed by atoms with van der Waals surface area (Å²) in [5, 5.41) is 2.57. The van der Waals surface area contributed by atoms with Gasteiger partial charge in [0.2, 0.25) is 11.8 Å². The standard InChI is InChI=1S/C27H34FN3O5/c1-30(2)19-27(28)16-23(26(34)36-18-21-10-5-3-6-11-21)31(20-27)25(33)17-29-24(32)14-9-15-35-22-12-7-4-8-13-22/h3-8,10-13,23H,9,14-20H2,1-2H3,(H,29,32)/t23-,27-/m0/s1. The van der Waals surface area contributed by atoms with Gasteiger partial charge in [0.25, 0.3) is 0 Å². The van der Waals surface area contributed by atoms with Crippen LogP contribution in [0.4, 0.5) is 4.39 Å². The second kappa shape index (κ2) is 13.0. The summed E-state index contributed by atoms with van der Waals surface area (Å²) < 4.78 is 26.5. The van der Waals surface area contributed by atoms with Gasteiger partial charge in [-0.1, -0.05) is 48.5 Å². The van der Waals surface area contributed by atoms with Crippen LogP contribution in [-0.4, -0.2) is 79.6 Å². The Morgan fingerprint density at radius 2 is 1.75 bits per heavy atom. The number of benzene rings is 2. The first-order valence-corrected chi connectivity index (χ1v) is 12.0. The minimum atomic E-state index is -1.76. The van der Waals surface area contributed by atoms with E-state index in [4.69, 9.17) is 9.47 Å². The molecule has 1 aliphatic heterocycles. The highest BCUT2D eigenvalue weighted by Gasteiger charge is 2.50. The van der Waals surface area contributed by atoms with Crippen LogP contribution in [0.25, 0.3) is 0 Å². The summed E-state index contributed by atoms with van der Waals surface area (Å²) in [5.74, 6) is -0.777. The Kier molecular flexibility index (Phi) is 9.81. The van der Waals surface area contributed by atoms with Gasteiger partial charge in [0, 0.05) is 19.4 Å². The van der Waals surface area contributed by atoms with Crippen molar-refractivity contribution >= 4 is 17.8 Å². The van der Waals surface area contributed by atoms with Crippen molar-refractivity contribution in [2.75, 3.05) is 40.3 Å². The SMILES string of the molecule is CN(C)C[C@@]1(F)C[C@@H](C(=O)OCc2ccccc2)N(C(=O)CNC(=O)CCCOc2ccccc2)C1. The fourth-order valence-corrected chi connectivity index (χ4v) is 4.22. The Balaban J connectivity index is 1.51. The van der Waals surface area contributed by atoms with E-state index in [-0.39, 0.29) is 45.0 Å². The van der Waals surface area contributed by atoms with Gasteiger partial charge in [-0.05, 0) is 38.2 Å². The number of likely N-dealkylation sites (tertiary alicyclic amines) is 1. The molecule has 2 aromatic carbocycles. The normalized spacial score (nSPS) is 19.2. The third-order valence-electron chi connectivity index (χ3n) is 5.80. The van der Waals surface area contributed by atoms with Crippen LogP contribution < -0.4 is 10.1 Å².